The number of aryl methyl sites for hydroxylation is 1. The van der Waals surface area contributed by atoms with Crippen molar-refractivity contribution in [2.75, 3.05) is 0 Å². The van der Waals surface area contributed by atoms with Crippen LogP contribution >= 0.6 is 11.6 Å². The zero-order chi connectivity index (χ0) is 12.6. The summed E-state index contributed by atoms with van der Waals surface area (Å²) in [6.07, 6.45) is 0.973. The van der Waals surface area contributed by atoms with Crippen molar-refractivity contribution in [3.05, 3.63) is 34.0 Å². The maximum Gasteiger partial charge on any atom is 0.153 e. The number of hydrogen-bond acceptors (Lipinski definition) is 2. The predicted octanol–water partition coefficient (Wildman–Crippen LogP) is 4.05. The van der Waals surface area contributed by atoms with Crippen LogP contribution in [0, 0.1) is 12.8 Å². The van der Waals surface area contributed by atoms with Gasteiger partial charge < -0.3 is 10.2 Å². The van der Waals surface area contributed by atoms with Crippen LogP contribution in [-0.2, 0) is 13.0 Å². The quantitative estimate of drug-likeness (QED) is 0.894. The molecule has 0 aliphatic carbocycles. The van der Waals surface area contributed by atoms with Crippen LogP contribution < -0.4 is 5.73 Å². The molecule has 2 nitrogen and oxygen atoms in total. The lowest BCUT2D eigenvalue weighted by molar-refractivity contribution is 0.535. The summed E-state index contributed by atoms with van der Waals surface area (Å²) in [4.78, 5) is 0. The number of halogens is 1. The highest BCUT2D eigenvalue weighted by atomic mass is 35.5. The van der Waals surface area contributed by atoms with Crippen molar-refractivity contribution in [3.63, 3.8) is 0 Å². The zero-order valence-electron chi connectivity index (χ0n) is 10.5. The number of hydrogen-bond donors (Lipinski definition) is 1. The van der Waals surface area contributed by atoms with E-state index in [1.165, 1.54) is 11.1 Å². The SMILES string of the molecule is Cc1ccc(Cl)c2oc(CN)c(CC(C)C)c12. The zero-order valence-corrected chi connectivity index (χ0v) is 11.3. The summed E-state index contributed by atoms with van der Waals surface area (Å²) in [5.74, 6) is 1.43. The lowest BCUT2D eigenvalue weighted by atomic mass is 9.97. The van der Waals surface area contributed by atoms with Crippen molar-refractivity contribution >= 4 is 22.6 Å². The van der Waals surface area contributed by atoms with Crippen LogP contribution in [0.2, 0.25) is 5.02 Å². The van der Waals surface area contributed by atoms with Gasteiger partial charge in [-0.25, -0.2) is 0 Å². The first-order valence-electron chi connectivity index (χ1n) is 5.94. The summed E-state index contributed by atoms with van der Waals surface area (Å²) < 4.78 is 5.80. The Morgan fingerprint density at radius 1 is 1.35 bits per heavy atom. The van der Waals surface area contributed by atoms with E-state index in [1.807, 2.05) is 12.1 Å². The highest BCUT2D eigenvalue weighted by molar-refractivity contribution is 6.35. The van der Waals surface area contributed by atoms with Crippen LogP contribution in [0.3, 0.4) is 0 Å². The monoisotopic (exact) mass is 251 g/mol. The molecule has 0 fully saturated rings. The van der Waals surface area contributed by atoms with Gasteiger partial charge in [-0.3, -0.25) is 0 Å². The molecule has 2 rings (SSSR count). The number of fused-ring (bicyclic) bond motifs is 1. The third-order valence-electron chi connectivity index (χ3n) is 2.98. The molecule has 0 saturated carbocycles. The van der Waals surface area contributed by atoms with Crippen LogP contribution in [0.4, 0.5) is 0 Å². The average Bonchev–Trinajstić information content (AvgIpc) is 2.63. The molecule has 0 spiro atoms. The second kappa shape index (κ2) is 4.71. The fraction of sp³-hybridized carbons (Fsp3) is 0.429. The molecule has 1 aromatic carbocycles. The van der Waals surface area contributed by atoms with Crippen LogP contribution in [-0.4, -0.2) is 0 Å². The maximum atomic E-state index is 6.17. The number of furan rings is 1. The topological polar surface area (TPSA) is 39.2 Å². The first-order chi connectivity index (χ1) is 8.04. The summed E-state index contributed by atoms with van der Waals surface area (Å²) in [5, 5.41) is 1.81. The largest absolute Gasteiger partial charge is 0.458 e. The van der Waals surface area contributed by atoms with Crippen molar-refractivity contribution < 1.29 is 4.42 Å². The van der Waals surface area contributed by atoms with Gasteiger partial charge in [0.05, 0.1) is 11.6 Å². The minimum absolute atomic E-state index is 0.423. The van der Waals surface area contributed by atoms with Crippen LogP contribution in [0.15, 0.2) is 16.5 Å². The number of benzene rings is 1. The molecule has 0 amide bonds. The Kier molecular flexibility index (Phi) is 3.45. The second-order valence-corrected chi connectivity index (χ2v) is 5.28. The van der Waals surface area contributed by atoms with Gasteiger partial charge in [-0.1, -0.05) is 31.5 Å². The van der Waals surface area contributed by atoms with E-state index in [0.717, 1.165) is 23.2 Å². The average molecular weight is 252 g/mol. The third-order valence-corrected chi connectivity index (χ3v) is 3.28. The molecule has 0 aliphatic heterocycles. The Morgan fingerprint density at radius 2 is 2.06 bits per heavy atom. The van der Waals surface area contributed by atoms with Crippen molar-refractivity contribution in [2.24, 2.45) is 11.7 Å². The van der Waals surface area contributed by atoms with Gasteiger partial charge in [0.25, 0.3) is 0 Å². The summed E-state index contributed by atoms with van der Waals surface area (Å²) >= 11 is 6.17. The Morgan fingerprint density at radius 3 is 2.65 bits per heavy atom. The molecule has 0 aliphatic rings. The van der Waals surface area contributed by atoms with Gasteiger partial charge in [0.1, 0.15) is 5.76 Å². The van der Waals surface area contributed by atoms with E-state index in [0.29, 0.717) is 17.5 Å². The van der Waals surface area contributed by atoms with Gasteiger partial charge >= 0.3 is 0 Å². The van der Waals surface area contributed by atoms with E-state index >= 15 is 0 Å². The minimum Gasteiger partial charge on any atom is -0.458 e. The van der Waals surface area contributed by atoms with Gasteiger partial charge in [0, 0.05) is 10.9 Å². The van der Waals surface area contributed by atoms with Crippen molar-refractivity contribution in [2.45, 2.75) is 33.7 Å². The smallest absolute Gasteiger partial charge is 0.153 e. The standard InChI is InChI=1S/C14H18ClNO/c1-8(2)6-10-12(7-16)17-14-11(15)5-4-9(3)13(10)14/h4-5,8H,6-7,16H2,1-3H3. The molecule has 1 heterocycles. The van der Waals surface area contributed by atoms with E-state index in [2.05, 4.69) is 20.8 Å². The van der Waals surface area contributed by atoms with Crippen LogP contribution in [0.1, 0.15) is 30.7 Å². The fourth-order valence-corrected chi connectivity index (χ4v) is 2.44. The highest BCUT2D eigenvalue weighted by Gasteiger charge is 2.17. The van der Waals surface area contributed by atoms with Gasteiger partial charge in [-0.15, -0.1) is 0 Å². The summed E-state index contributed by atoms with van der Waals surface area (Å²) in [5.41, 5.74) is 8.95. The molecule has 1 aromatic heterocycles. The molecule has 3 heteroatoms. The lowest BCUT2D eigenvalue weighted by Gasteiger charge is -2.06. The molecular weight excluding hydrogens is 234 g/mol. The fourth-order valence-electron chi connectivity index (χ4n) is 2.24. The summed E-state index contributed by atoms with van der Waals surface area (Å²) in [6, 6.07) is 3.91. The Labute approximate surface area is 107 Å². The van der Waals surface area contributed by atoms with E-state index in [-0.39, 0.29) is 0 Å². The van der Waals surface area contributed by atoms with Gasteiger partial charge in [0.2, 0.25) is 0 Å². The van der Waals surface area contributed by atoms with Gasteiger partial charge in [-0.05, 0) is 30.9 Å². The predicted molar refractivity (Wildman–Crippen MR) is 72.4 cm³/mol. The van der Waals surface area contributed by atoms with Crippen LogP contribution in [0.25, 0.3) is 11.0 Å². The normalized spacial score (nSPS) is 11.6. The molecule has 2 aromatic rings. The Bertz CT molecular complexity index is 543. The van der Waals surface area contributed by atoms with Crippen molar-refractivity contribution in [1.29, 1.82) is 0 Å². The lowest BCUT2D eigenvalue weighted by Crippen LogP contribution is -2.02. The molecule has 0 atom stereocenters. The highest BCUT2D eigenvalue weighted by Crippen LogP contribution is 2.34. The first-order valence-corrected chi connectivity index (χ1v) is 6.31. The minimum atomic E-state index is 0.423. The molecule has 17 heavy (non-hydrogen) atoms. The maximum absolute atomic E-state index is 6.17. The second-order valence-electron chi connectivity index (χ2n) is 4.87. The van der Waals surface area contributed by atoms with E-state index in [1.54, 1.807) is 0 Å². The first kappa shape index (κ1) is 12.5. The summed E-state index contributed by atoms with van der Waals surface area (Å²) in [7, 11) is 0. The van der Waals surface area contributed by atoms with Gasteiger partial charge in [0.15, 0.2) is 5.58 Å². The molecule has 92 valence electrons. The molecule has 0 bridgehead atoms. The molecule has 0 unspecified atom stereocenters. The summed E-state index contributed by atoms with van der Waals surface area (Å²) in [6.45, 7) is 6.89. The van der Waals surface area contributed by atoms with E-state index in [9.17, 15) is 0 Å². The van der Waals surface area contributed by atoms with E-state index < -0.39 is 0 Å². The molecule has 2 N–H and O–H groups in total. The van der Waals surface area contributed by atoms with Crippen molar-refractivity contribution in [1.82, 2.24) is 0 Å². The molecule has 0 radical (unpaired) electrons. The Hall–Kier alpha value is -0.990. The third kappa shape index (κ3) is 2.20. The number of nitrogens with two attached hydrogens (primary N) is 1. The molecule has 0 saturated heterocycles. The van der Waals surface area contributed by atoms with Crippen LogP contribution in [0.5, 0.6) is 0 Å². The van der Waals surface area contributed by atoms with Crippen molar-refractivity contribution in [3.8, 4) is 0 Å². The Balaban J connectivity index is 2.73. The molecular formula is C14H18ClNO. The van der Waals surface area contributed by atoms with E-state index in [4.69, 9.17) is 21.8 Å². The number of rotatable bonds is 3. The van der Waals surface area contributed by atoms with Gasteiger partial charge in [-0.2, -0.15) is 0 Å².